The third kappa shape index (κ3) is 6.39. The van der Waals surface area contributed by atoms with Crippen molar-refractivity contribution in [2.45, 2.75) is 71.1 Å². The third-order valence-corrected chi connectivity index (χ3v) is 7.91. The van der Waals surface area contributed by atoms with Gasteiger partial charge in [-0.3, -0.25) is 4.79 Å². The number of halogens is 4. The van der Waals surface area contributed by atoms with Crippen molar-refractivity contribution in [2.75, 3.05) is 4.90 Å². The van der Waals surface area contributed by atoms with Gasteiger partial charge >= 0.3 is 12.1 Å². The fourth-order valence-electron chi connectivity index (χ4n) is 5.70. The molecule has 9 nitrogen and oxygen atoms in total. The van der Waals surface area contributed by atoms with Gasteiger partial charge < -0.3 is 14.7 Å². The van der Waals surface area contributed by atoms with Crippen LogP contribution < -0.4 is 9.64 Å². The second-order valence-electron chi connectivity index (χ2n) is 11.2. The summed E-state index contributed by atoms with van der Waals surface area (Å²) in [5.41, 5.74) is -1.82. The zero-order valence-corrected chi connectivity index (χ0v) is 23.1. The smallest absolute Gasteiger partial charge is 0.421 e. The van der Waals surface area contributed by atoms with Gasteiger partial charge in [0.15, 0.2) is 11.6 Å². The summed E-state index contributed by atoms with van der Waals surface area (Å²) in [7, 11) is 0. The number of benzene rings is 1. The fraction of sp³-hybridized carbons (Fsp3) is 0.483. The molecule has 1 amide bonds. The fourth-order valence-corrected chi connectivity index (χ4v) is 5.70. The number of carbonyl (C=O) groups is 2. The van der Waals surface area contributed by atoms with Gasteiger partial charge in [0.05, 0.1) is 30.2 Å². The van der Waals surface area contributed by atoms with Crippen LogP contribution in [0.25, 0.3) is 0 Å². The molecular formula is C29H31F4N5O4. The highest BCUT2D eigenvalue weighted by atomic mass is 19.4. The van der Waals surface area contributed by atoms with Crippen LogP contribution in [0.1, 0.15) is 73.9 Å². The van der Waals surface area contributed by atoms with E-state index in [1.807, 2.05) is 0 Å². The molecule has 1 N–H and O–H groups in total. The molecule has 0 aliphatic heterocycles. The highest BCUT2D eigenvalue weighted by molar-refractivity contribution is 6.03. The maximum atomic E-state index is 15.4. The van der Waals surface area contributed by atoms with E-state index in [4.69, 9.17) is 4.74 Å². The number of alkyl halides is 3. The van der Waals surface area contributed by atoms with Gasteiger partial charge in [-0.15, -0.1) is 0 Å². The minimum absolute atomic E-state index is 0.100. The van der Waals surface area contributed by atoms with Crippen LogP contribution in [0.2, 0.25) is 0 Å². The summed E-state index contributed by atoms with van der Waals surface area (Å²) in [6, 6.07) is 1.91. The van der Waals surface area contributed by atoms with Crippen molar-refractivity contribution >= 4 is 17.6 Å². The number of hydrogen-bond acceptors (Lipinski definition) is 6. The van der Waals surface area contributed by atoms with Crippen LogP contribution in [0.15, 0.2) is 36.8 Å². The molecule has 42 heavy (non-hydrogen) atoms. The van der Waals surface area contributed by atoms with E-state index in [-0.39, 0.29) is 29.6 Å². The Morgan fingerprint density at radius 3 is 2.21 bits per heavy atom. The van der Waals surface area contributed by atoms with Crippen molar-refractivity contribution in [3.05, 3.63) is 59.3 Å². The minimum atomic E-state index is -4.92. The SMILES string of the molecule is CC(C)N(c1cc(F)c(Oc2ncc(Cn3nccn3)cc2C(F)(F)F)cc1C(=O)O)C(=O)[C@H]1CC[C@H](C2CC2)CC1. The number of amides is 1. The first-order chi connectivity index (χ1) is 19.9. The first kappa shape index (κ1) is 29.5. The molecule has 2 aliphatic rings. The lowest BCUT2D eigenvalue weighted by molar-refractivity contribution is -0.139. The quantitative estimate of drug-likeness (QED) is 0.291. The summed E-state index contributed by atoms with van der Waals surface area (Å²) in [5, 5.41) is 17.7. The number of carboxylic acids is 1. The van der Waals surface area contributed by atoms with Crippen LogP contribution in [0.4, 0.5) is 23.2 Å². The van der Waals surface area contributed by atoms with Crippen molar-refractivity contribution in [3.8, 4) is 11.6 Å². The van der Waals surface area contributed by atoms with Crippen LogP contribution in [0.3, 0.4) is 0 Å². The molecule has 2 heterocycles. The van der Waals surface area contributed by atoms with E-state index >= 15 is 4.39 Å². The second-order valence-corrected chi connectivity index (χ2v) is 11.2. The Balaban J connectivity index is 1.44. The van der Waals surface area contributed by atoms with Crippen molar-refractivity contribution in [1.82, 2.24) is 20.0 Å². The second kappa shape index (κ2) is 11.7. The van der Waals surface area contributed by atoms with E-state index in [0.717, 1.165) is 48.0 Å². The number of carboxylic acid groups (broad SMARTS) is 1. The monoisotopic (exact) mass is 589 g/mol. The molecule has 2 saturated carbocycles. The first-order valence-corrected chi connectivity index (χ1v) is 13.9. The number of anilines is 1. The van der Waals surface area contributed by atoms with Gasteiger partial charge in [0.25, 0.3) is 0 Å². The number of aromatic carboxylic acids is 1. The predicted octanol–water partition coefficient (Wildman–Crippen LogP) is 6.33. The molecule has 0 atom stereocenters. The zero-order valence-electron chi connectivity index (χ0n) is 23.1. The molecule has 2 fully saturated rings. The van der Waals surface area contributed by atoms with Crippen LogP contribution in [0, 0.1) is 23.6 Å². The Morgan fingerprint density at radius 1 is 1.05 bits per heavy atom. The number of nitrogens with zero attached hydrogens (tertiary/aromatic N) is 5. The molecule has 5 rings (SSSR count). The van der Waals surface area contributed by atoms with E-state index in [1.165, 1.54) is 30.1 Å². The minimum Gasteiger partial charge on any atom is -0.478 e. The van der Waals surface area contributed by atoms with Gasteiger partial charge in [0, 0.05) is 30.3 Å². The molecule has 0 bridgehead atoms. The normalized spacial score (nSPS) is 19.1. The Labute approximate surface area is 239 Å². The predicted molar refractivity (Wildman–Crippen MR) is 143 cm³/mol. The molecule has 2 aromatic heterocycles. The number of ether oxygens (including phenoxy) is 1. The van der Waals surface area contributed by atoms with Gasteiger partial charge in [-0.2, -0.15) is 28.2 Å². The molecular weight excluding hydrogens is 558 g/mol. The summed E-state index contributed by atoms with van der Waals surface area (Å²) >= 11 is 0. The Kier molecular flexibility index (Phi) is 8.20. The largest absolute Gasteiger partial charge is 0.478 e. The van der Waals surface area contributed by atoms with E-state index < -0.39 is 46.8 Å². The molecule has 0 spiro atoms. The van der Waals surface area contributed by atoms with E-state index in [9.17, 15) is 27.9 Å². The maximum Gasteiger partial charge on any atom is 0.421 e. The summed E-state index contributed by atoms with van der Waals surface area (Å²) in [6.07, 6.45) is 4.58. The average molecular weight is 590 g/mol. The van der Waals surface area contributed by atoms with Crippen LogP contribution >= 0.6 is 0 Å². The lowest BCUT2D eigenvalue weighted by atomic mass is 9.79. The highest BCUT2D eigenvalue weighted by Crippen LogP contribution is 2.46. The summed E-state index contributed by atoms with van der Waals surface area (Å²) in [4.78, 5) is 32.1. The number of pyridine rings is 1. The molecule has 2 aliphatic carbocycles. The van der Waals surface area contributed by atoms with E-state index in [0.29, 0.717) is 18.8 Å². The average Bonchev–Trinajstić information content (AvgIpc) is 3.66. The molecule has 13 heteroatoms. The first-order valence-electron chi connectivity index (χ1n) is 13.9. The number of aromatic nitrogens is 4. The molecule has 1 aromatic carbocycles. The molecule has 3 aromatic rings. The zero-order chi connectivity index (χ0) is 30.2. The Morgan fingerprint density at radius 2 is 1.67 bits per heavy atom. The number of rotatable bonds is 9. The lowest BCUT2D eigenvalue weighted by Crippen LogP contribution is -2.43. The van der Waals surface area contributed by atoms with Crippen molar-refractivity contribution in [2.24, 2.45) is 17.8 Å². The Hall–Kier alpha value is -4.03. The van der Waals surface area contributed by atoms with Crippen LogP contribution in [0.5, 0.6) is 11.6 Å². The van der Waals surface area contributed by atoms with Gasteiger partial charge in [-0.25, -0.2) is 14.2 Å². The van der Waals surface area contributed by atoms with Gasteiger partial charge in [-0.1, -0.05) is 0 Å². The molecule has 0 saturated heterocycles. The summed E-state index contributed by atoms with van der Waals surface area (Å²) in [5.74, 6) is -3.61. The van der Waals surface area contributed by atoms with Crippen molar-refractivity contribution < 1.29 is 37.0 Å². The number of carbonyl (C=O) groups excluding carboxylic acids is 1. The van der Waals surface area contributed by atoms with Gasteiger partial charge in [0.2, 0.25) is 11.8 Å². The summed E-state index contributed by atoms with van der Waals surface area (Å²) < 4.78 is 62.5. The highest BCUT2D eigenvalue weighted by Gasteiger charge is 2.39. The van der Waals surface area contributed by atoms with Crippen molar-refractivity contribution in [1.29, 1.82) is 0 Å². The molecule has 0 unspecified atom stereocenters. The molecule has 0 radical (unpaired) electrons. The summed E-state index contributed by atoms with van der Waals surface area (Å²) in [6.45, 7) is 3.29. The van der Waals surface area contributed by atoms with Gasteiger partial charge in [-0.05, 0) is 75.8 Å². The lowest BCUT2D eigenvalue weighted by Gasteiger charge is -2.35. The van der Waals surface area contributed by atoms with E-state index in [2.05, 4.69) is 15.2 Å². The van der Waals surface area contributed by atoms with Crippen LogP contribution in [-0.2, 0) is 17.5 Å². The number of hydrogen-bond donors (Lipinski definition) is 1. The third-order valence-electron chi connectivity index (χ3n) is 7.91. The maximum absolute atomic E-state index is 15.4. The van der Waals surface area contributed by atoms with E-state index in [1.54, 1.807) is 13.8 Å². The Bertz CT molecular complexity index is 1450. The topological polar surface area (TPSA) is 110 Å². The van der Waals surface area contributed by atoms with Crippen molar-refractivity contribution in [3.63, 3.8) is 0 Å². The molecule has 224 valence electrons. The van der Waals surface area contributed by atoms with Crippen LogP contribution in [-0.4, -0.2) is 43.0 Å². The standard InChI is InChI=1S/C29H31F4N5O4/c1-16(2)38(27(39)20-7-5-19(6-8-20)18-3-4-18)24-13-23(30)25(12-21(24)28(40)41)42-26-22(29(31,32)33)11-17(14-34-26)15-37-35-9-10-36-37/h9-14,16,18-20H,3-8,15H2,1-2H3,(H,40,41)/t19-,20-. The van der Waals surface area contributed by atoms with Gasteiger partial charge in [0.1, 0.15) is 5.56 Å².